The molecule has 0 radical (unpaired) electrons. The third kappa shape index (κ3) is 7.54. The van der Waals surface area contributed by atoms with Gasteiger partial charge in [0, 0.05) is 47.8 Å². The van der Waals surface area contributed by atoms with Gasteiger partial charge in [0.05, 0.1) is 11.2 Å². The summed E-state index contributed by atoms with van der Waals surface area (Å²) in [7, 11) is 0. The molecular formula is C60H38N4S. The monoisotopic (exact) mass is 846 g/mol. The van der Waals surface area contributed by atoms with E-state index in [1.54, 1.807) is 0 Å². The molecule has 0 amide bonds. The summed E-state index contributed by atoms with van der Waals surface area (Å²) >= 11 is 1.84. The van der Waals surface area contributed by atoms with Gasteiger partial charge < -0.3 is 0 Å². The predicted octanol–water partition coefficient (Wildman–Crippen LogP) is 16.1. The number of hydrogen-bond acceptors (Lipinski definition) is 5. The van der Waals surface area contributed by atoms with Crippen LogP contribution in [0.15, 0.2) is 231 Å². The molecule has 304 valence electrons. The number of pyridine rings is 1. The molecule has 12 rings (SSSR count). The van der Waals surface area contributed by atoms with E-state index < -0.39 is 0 Å². The van der Waals surface area contributed by atoms with Crippen LogP contribution in [-0.4, -0.2) is 19.9 Å². The van der Waals surface area contributed by atoms with Crippen molar-refractivity contribution in [2.24, 2.45) is 0 Å². The lowest BCUT2D eigenvalue weighted by molar-refractivity contribution is 1.07. The van der Waals surface area contributed by atoms with Crippen molar-refractivity contribution in [2.75, 3.05) is 0 Å². The average Bonchev–Trinajstić information content (AvgIpc) is 3.77. The number of rotatable bonds is 8. The van der Waals surface area contributed by atoms with E-state index in [-0.39, 0.29) is 0 Å². The second-order valence-corrected chi connectivity index (χ2v) is 17.4. The zero-order valence-electron chi connectivity index (χ0n) is 35.1. The Labute approximate surface area is 380 Å². The minimum atomic E-state index is 0.618. The Morgan fingerprint density at radius 1 is 0.246 bits per heavy atom. The first kappa shape index (κ1) is 38.3. The Hall–Kier alpha value is -8.38. The summed E-state index contributed by atoms with van der Waals surface area (Å²) in [5.74, 6) is 1.87. The van der Waals surface area contributed by atoms with E-state index in [9.17, 15) is 0 Å². The molecule has 0 aliphatic carbocycles. The van der Waals surface area contributed by atoms with Crippen molar-refractivity contribution < 1.29 is 0 Å². The van der Waals surface area contributed by atoms with Gasteiger partial charge in [-0.05, 0) is 93.0 Å². The van der Waals surface area contributed by atoms with Crippen molar-refractivity contribution >= 4 is 42.4 Å². The highest BCUT2D eigenvalue weighted by atomic mass is 32.1. The van der Waals surface area contributed by atoms with Crippen molar-refractivity contribution in [1.82, 2.24) is 19.9 Å². The Balaban J connectivity index is 0.867. The molecule has 65 heavy (non-hydrogen) atoms. The van der Waals surface area contributed by atoms with Gasteiger partial charge in [0.2, 0.25) is 0 Å². The van der Waals surface area contributed by atoms with Crippen molar-refractivity contribution in [2.45, 2.75) is 0 Å². The topological polar surface area (TPSA) is 51.6 Å². The highest BCUT2D eigenvalue weighted by molar-refractivity contribution is 7.25. The van der Waals surface area contributed by atoms with Gasteiger partial charge in [-0.2, -0.15) is 0 Å². The van der Waals surface area contributed by atoms with Gasteiger partial charge in [-0.25, -0.2) is 19.9 Å². The maximum absolute atomic E-state index is 5.13. The van der Waals surface area contributed by atoms with Crippen LogP contribution < -0.4 is 0 Å². The van der Waals surface area contributed by atoms with E-state index in [2.05, 4.69) is 218 Å². The van der Waals surface area contributed by atoms with E-state index in [0.29, 0.717) is 17.5 Å². The quantitative estimate of drug-likeness (QED) is 0.153. The largest absolute Gasteiger partial charge is 0.248 e. The molecule has 3 heterocycles. The maximum atomic E-state index is 5.13. The molecule has 0 unspecified atom stereocenters. The van der Waals surface area contributed by atoms with Crippen molar-refractivity contribution in [3.63, 3.8) is 0 Å². The zero-order chi connectivity index (χ0) is 43.1. The first-order chi connectivity index (χ1) is 32.1. The van der Waals surface area contributed by atoms with E-state index in [1.807, 2.05) is 23.5 Å². The molecular weight excluding hydrogens is 809 g/mol. The molecule has 0 atom stereocenters. The van der Waals surface area contributed by atoms with Crippen LogP contribution in [0, 0.1) is 0 Å². The fourth-order valence-corrected chi connectivity index (χ4v) is 9.80. The molecule has 0 saturated heterocycles. The summed E-state index contributed by atoms with van der Waals surface area (Å²) in [6.07, 6.45) is 0. The summed E-state index contributed by atoms with van der Waals surface area (Å²) in [4.78, 5) is 20.4. The van der Waals surface area contributed by atoms with Gasteiger partial charge >= 0.3 is 0 Å². The van der Waals surface area contributed by atoms with Crippen LogP contribution >= 0.6 is 11.3 Å². The lowest BCUT2D eigenvalue weighted by atomic mass is 9.97. The normalized spacial score (nSPS) is 11.4. The third-order valence-electron chi connectivity index (χ3n) is 12.1. The number of thiophene rings is 1. The second-order valence-electron chi connectivity index (χ2n) is 16.3. The number of fused-ring (bicyclic) bond motifs is 4. The molecule has 5 heteroatoms. The smallest absolute Gasteiger partial charge is 0.164 e. The van der Waals surface area contributed by atoms with Crippen LogP contribution in [0.5, 0.6) is 0 Å². The zero-order valence-corrected chi connectivity index (χ0v) is 36.0. The maximum Gasteiger partial charge on any atom is 0.164 e. The minimum absolute atomic E-state index is 0.618. The Morgan fingerprint density at radius 2 is 0.692 bits per heavy atom. The summed E-state index contributed by atoms with van der Waals surface area (Å²) in [5, 5.41) is 3.68. The summed E-state index contributed by atoms with van der Waals surface area (Å²) in [5.41, 5.74) is 14.9. The highest BCUT2D eigenvalue weighted by Crippen LogP contribution is 2.37. The molecule has 0 spiro atoms. The summed E-state index contributed by atoms with van der Waals surface area (Å²) < 4.78 is 2.61. The highest BCUT2D eigenvalue weighted by Gasteiger charge is 2.15. The standard InChI is InChI=1S/C60H38N4S/c1-3-11-39(12-4-1)41-21-25-43(26-22-41)58-62-59(44-27-23-42(24-28-44)40-13-5-2-6-14-40)64-60(63-58)51-18-10-17-47(37-51)45-15-9-16-46(35-45)48-29-32-54-49(36-48)30-33-55(61-54)50-31-34-57-53(38-50)52-19-7-8-20-56(52)65-57/h1-38H. The number of nitrogens with zero attached hydrogens (tertiary/aromatic N) is 4. The number of hydrogen-bond donors (Lipinski definition) is 0. The Kier molecular flexibility index (Phi) is 9.66. The molecule has 0 fully saturated rings. The molecule has 0 aliphatic rings. The first-order valence-electron chi connectivity index (χ1n) is 21.8. The number of benzene rings is 9. The SMILES string of the molecule is c1ccc(-c2ccc(-c3nc(-c4ccc(-c5ccccc5)cc4)nc(-c4cccc(-c5cccc(-c6ccc7nc(-c8ccc9sc%10ccccc%10c9c8)ccc7c6)c5)c4)n3)cc2)cc1. The summed E-state index contributed by atoms with van der Waals surface area (Å²) in [6, 6.07) is 81.2. The lowest BCUT2D eigenvalue weighted by Crippen LogP contribution is -2.00. The molecule has 0 saturated carbocycles. The Bertz CT molecular complexity index is 3590. The Morgan fingerprint density at radius 3 is 1.32 bits per heavy atom. The van der Waals surface area contributed by atoms with Gasteiger partial charge in [0.1, 0.15) is 0 Å². The van der Waals surface area contributed by atoms with Crippen molar-refractivity contribution in [3.8, 4) is 89.9 Å². The van der Waals surface area contributed by atoms with E-state index in [1.165, 1.54) is 31.3 Å². The lowest BCUT2D eigenvalue weighted by Gasteiger charge is -2.11. The van der Waals surface area contributed by atoms with Crippen LogP contribution in [0.3, 0.4) is 0 Å². The first-order valence-corrected chi connectivity index (χ1v) is 22.6. The van der Waals surface area contributed by atoms with Gasteiger partial charge in [0.15, 0.2) is 17.5 Å². The fraction of sp³-hybridized carbons (Fsp3) is 0. The van der Waals surface area contributed by atoms with Crippen molar-refractivity contribution in [3.05, 3.63) is 231 Å². The van der Waals surface area contributed by atoms with Crippen LogP contribution in [0.1, 0.15) is 0 Å². The van der Waals surface area contributed by atoms with E-state index in [4.69, 9.17) is 19.9 Å². The predicted molar refractivity (Wildman–Crippen MR) is 272 cm³/mol. The minimum Gasteiger partial charge on any atom is -0.248 e. The van der Waals surface area contributed by atoms with Crippen molar-refractivity contribution in [1.29, 1.82) is 0 Å². The second kappa shape index (κ2) is 16.4. The van der Waals surface area contributed by atoms with Gasteiger partial charge in [-0.3, -0.25) is 0 Å². The number of aromatic nitrogens is 4. The molecule has 4 nitrogen and oxygen atoms in total. The third-order valence-corrected chi connectivity index (χ3v) is 13.3. The summed E-state index contributed by atoms with van der Waals surface area (Å²) in [6.45, 7) is 0. The van der Waals surface area contributed by atoms with E-state index >= 15 is 0 Å². The molecule has 0 N–H and O–H groups in total. The molecule has 9 aromatic carbocycles. The van der Waals surface area contributed by atoms with Crippen LogP contribution in [0.4, 0.5) is 0 Å². The van der Waals surface area contributed by atoms with Crippen LogP contribution in [-0.2, 0) is 0 Å². The van der Waals surface area contributed by atoms with Gasteiger partial charge in [-0.1, -0.05) is 182 Å². The van der Waals surface area contributed by atoms with E-state index in [0.717, 1.165) is 72.2 Å². The average molecular weight is 847 g/mol. The molecule has 3 aromatic heterocycles. The molecule has 12 aromatic rings. The van der Waals surface area contributed by atoms with Gasteiger partial charge in [-0.15, -0.1) is 11.3 Å². The van der Waals surface area contributed by atoms with Crippen LogP contribution in [0.25, 0.3) is 121 Å². The van der Waals surface area contributed by atoms with Crippen LogP contribution in [0.2, 0.25) is 0 Å². The molecule has 0 bridgehead atoms. The fourth-order valence-electron chi connectivity index (χ4n) is 8.72. The molecule has 0 aliphatic heterocycles. The van der Waals surface area contributed by atoms with Gasteiger partial charge in [0.25, 0.3) is 0 Å².